The minimum Gasteiger partial charge on any atom is -0.395 e. The number of hydrogen-bond acceptors (Lipinski definition) is 3. The molecule has 0 aliphatic rings. The molecule has 0 fully saturated rings. The molecule has 1 aromatic carbocycles. The lowest BCUT2D eigenvalue weighted by molar-refractivity contribution is 0.0509. The van der Waals surface area contributed by atoms with Crippen molar-refractivity contribution in [3.63, 3.8) is 0 Å². The van der Waals surface area contributed by atoms with E-state index < -0.39 is 18.9 Å². The zero-order valence-corrected chi connectivity index (χ0v) is 10.7. The van der Waals surface area contributed by atoms with Crippen molar-refractivity contribution in [1.82, 2.24) is 4.90 Å². The summed E-state index contributed by atoms with van der Waals surface area (Å²) in [6.07, 6.45) is -2.66. The minimum absolute atomic E-state index is 0.157. The van der Waals surface area contributed by atoms with Crippen molar-refractivity contribution in [2.75, 3.05) is 26.3 Å². The van der Waals surface area contributed by atoms with Crippen molar-refractivity contribution in [3.8, 4) is 11.8 Å². The highest BCUT2D eigenvalue weighted by Crippen LogP contribution is 2.09. The molecular formula is C14H15F2NO3. The second-order valence-electron chi connectivity index (χ2n) is 3.91. The van der Waals surface area contributed by atoms with Crippen LogP contribution < -0.4 is 0 Å². The van der Waals surface area contributed by atoms with Gasteiger partial charge in [0.25, 0.3) is 12.3 Å². The molecule has 1 amide bonds. The van der Waals surface area contributed by atoms with Crippen LogP contribution in [0, 0.1) is 11.8 Å². The summed E-state index contributed by atoms with van der Waals surface area (Å²) in [7, 11) is 0. The number of benzene rings is 1. The van der Waals surface area contributed by atoms with Crippen LogP contribution in [-0.4, -0.2) is 53.7 Å². The summed E-state index contributed by atoms with van der Waals surface area (Å²) in [6.45, 7) is -1.58. The normalized spacial score (nSPS) is 10.1. The fourth-order valence-corrected chi connectivity index (χ4v) is 1.62. The summed E-state index contributed by atoms with van der Waals surface area (Å²) in [5.74, 6) is 4.48. The van der Waals surface area contributed by atoms with E-state index in [2.05, 4.69) is 11.8 Å². The Morgan fingerprint density at radius 2 is 2.10 bits per heavy atom. The Morgan fingerprint density at radius 1 is 1.35 bits per heavy atom. The highest BCUT2D eigenvalue weighted by molar-refractivity contribution is 5.94. The number of carbonyl (C=O) groups excluding carboxylic acids is 1. The van der Waals surface area contributed by atoms with Gasteiger partial charge in [-0.25, -0.2) is 8.78 Å². The number of halogens is 2. The molecule has 0 saturated carbocycles. The summed E-state index contributed by atoms with van der Waals surface area (Å²) in [5.41, 5.74) is 0.717. The number of aliphatic hydroxyl groups is 2. The molecule has 0 atom stereocenters. The Bertz CT molecular complexity index is 509. The first kappa shape index (κ1) is 16.1. The van der Waals surface area contributed by atoms with Crippen LogP contribution in [-0.2, 0) is 0 Å². The molecule has 0 aliphatic heterocycles. The highest BCUT2D eigenvalue weighted by atomic mass is 19.3. The molecule has 1 aromatic rings. The van der Waals surface area contributed by atoms with E-state index in [4.69, 9.17) is 10.2 Å². The predicted octanol–water partition coefficient (Wildman–Crippen LogP) is 0.730. The molecule has 0 heterocycles. The van der Waals surface area contributed by atoms with E-state index in [0.717, 1.165) is 4.90 Å². The number of rotatable bonds is 5. The predicted molar refractivity (Wildman–Crippen MR) is 69.4 cm³/mol. The van der Waals surface area contributed by atoms with Gasteiger partial charge >= 0.3 is 0 Å². The van der Waals surface area contributed by atoms with Crippen LogP contribution in [0.25, 0.3) is 0 Å². The highest BCUT2D eigenvalue weighted by Gasteiger charge is 2.19. The van der Waals surface area contributed by atoms with Gasteiger partial charge in [-0.3, -0.25) is 4.79 Å². The molecule has 4 nitrogen and oxygen atoms in total. The summed E-state index contributed by atoms with van der Waals surface area (Å²) >= 11 is 0. The first-order valence-corrected chi connectivity index (χ1v) is 5.96. The molecule has 0 radical (unpaired) electrons. The molecule has 0 unspecified atom stereocenters. The van der Waals surface area contributed by atoms with Gasteiger partial charge in [0.1, 0.15) is 6.61 Å². The first-order valence-electron chi connectivity index (χ1n) is 5.96. The van der Waals surface area contributed by atoms with E-state index in [1.807, 2.05) is 0 Å². The first-order chi connectivity index (χ1) is 9.58. The Labute approximate surface area is 115 Å². The number of carbonyl (C=O) groups is 1. The third-order valence-corrected chi connectivity index (χ3v) is 2.44. The third-order valence-electron chi connectivity index (χ3n) is 2.44. The van der Waals surface area contributed by atoms with Crippen LogP contribution in [0.3, 0.4) is 0 Å². The van der Waals surface area contributed by atoms with Crippen LogP contribution in [0.5, 0.6) is 0 Å². The average Bonchev–Trinajstić information content (AvgIpc) is 2.43. The molecule has 0 spiro atoms. The Hall–Kier alpha value is -1.97. The summed E-state index contributed by atoms with van der Waals surface area (Å²) in [4.78, 5) is 13.0. The maximum Gasteiger partial charge on any atom is 0.255 e. The quantitative estimate of drug-likeness (QED) is 0.783. The molecule has 6 heteroatoms. The fraction of sp³-hybridized carbons (Fsp3) is 0.357. The van der Waals surface area contributed by atoms with Gasteiger partial charge in [-0.2, -0.15) is 0 Å². The largest absolute Gasteiger partial charge is 0.395 e. The lowest BCUT2D eigenvalue weighted by Crippen LogP contribution is -2.37. The third kappa shape index (κ3) is 4.96. The van der Waals surface area contributed by atoms with Gasteiger partial charge in [0.05, 0.1) is 13.2 Å². The Balaban J connectivity index is 2.93. The van der Waals surface area contributed by atoms with Crippen molar-refractivity contribution in [3.05, 3.63) is 35.4 Å². The monoisotopic (exact) mass is 283 g/mol. The van der Waals surface area contributed by atoms with Crippen molar-refractivity contribution in [1.29, 1.82) is 0 Å². The molecule has 0 saturated heterocycles. The standard InChI is InChI=1S/C14H15F2NO3/c15-13(16)10-17(6-8-19)14(20)12-5-1-3-11(9-12)4-2-7-18/h1,3,5,9,13,18-19H,6-8,10H2. The fourth-order valence-electron chi connectivity index (χ4n) is 1.62. The van der Waals surface area contributed by atoms with Crippen molar-refractivity contribution in [2.24, 2.45) is 0 Å². The number of nitrogens with zero attached hydrogens (tertiary/aromatic N) is 1. The number of aliphatic hydroxyl groups excluding tert-OH is 2. The van der Waals surface area contributed by atoms with Gasteiger partial charge in [-0.05, 0) is 18.2 Å². The summed E-state index contributed by atoms with van der Waals surface area (Å²) in [5, 5.41) is 17.4. The van der Waals surface area contributed by atoms with E-state index >= 15 is 0 Å². The Morgan fingerprint density at radius 3 is 2.70 bits per heavy atom. The molecule has 1 rings (SSSR count). The second kappa shape index (κ2) is 8.25. The van der Waals surface area contributed by atoms with E-state index in [1.165, 1.54) is 12.1 Å². The topological polar surface area (TPSA) is 60.8 Å². The van der Waals surface area contributed by atoms with Gasteiger partial charge in [-0.1, -0.05) is 17.9 Å². The minimum atomic E-state index is -2.66. The van der Waals surface area contributed by atoms with Crippen molar-refractivity contribution >= 4 is 5.91 Å². The van der Waals surface area contributed by atoms with E-state index in [-0.39, 0.29) is 25.3 Å². The van der Waals surface area contributed by atoms with Crippen LogP contribution in [0.15, 0.2) is 24.3 Å². The van der Waals surface area contributed by atoms with E-state index in [1.54, 1.807) is 12.1 Å². The van der Waals surface area contributed by atoms with Crippen molar-refractivity contribution in [2.45, 2.75) is 6.43 Å². The van der Waals surface area contributed by atoms with Crippen LogP contribution in [0.1, 0.15) is 15.9 Å². The van der Waals surface area contributed by atoms with E-state index in [9.17, 15) is 13.6 Å². The zero-order valence-electron chi connectivity index (χ0n) is 10.7. The summed E-state index contributed by atoms with van der Waals surface area (Å²) < 4.78 is 24.8. The Kier molecular flexibility index (Phi) is 6.64. The van der Waals surface area contributed by atoms with Crippen LogP contribution in [0.2, 0.25) is 0 Å². The van der Waals surface area contributed by atoms with Gasteiger partial charge < -0.3 is 15.1 Å². The van der Waals surface area contributed by atoms with E-state index in [0.29, 0.717) is 5.56 Å². The molecule has 108 valence electrons. The number of hydrogen-bond donors (Lipinski definition) is 2. The van der Waals surface area contributed by atoms with Crippen LogP contribution >= 0.6 is 0 Å². The van der Waals surface area contributed by atoms with Gasteiger partial charge in [-0.15, -0.1) is 0 Å². The molecule has 0 aliphatic carbocycles. The summed E-state index contributed by atoms with van der Waals surface area (Å²) in [6, 6.07) is 6.17. The maximum atomic E-state index is 12.4. The van der Waals surface area contributed by atoms with Gasteiger partial charge in [0, 0.05) is 17.7 Å². The molecule has 0 bridgehead atoms. The maximum absolute atomic E-state index is 12.4. The molecule has 2 N–H and O–H groups in total. The molecule has 0 aromatic heterocycles. The van der Waals surface area contributed by atoms with Gasteiger partial charge in [0.15, 0.2) is 0 Å². The lowest BCUT2D eigenvalue weighted by atomic mass is 10.1. The smallest absolute Gasteiger partial charge is 0.255 e. The van der Waals surface area contributed by atoms with Crippen LogP contribution in [0.4, 0.5) is 8.78 Å². The SMILES string of the molecule is O=C(c1cccc(C#CCO)c1)N(CCO)CC(F)F. The molecular weight excluding hydrogens is 268 g/mol. The molecule has 20 heavy (non-hydrogen) atoms. The number of amides is 1. The van der Waals surface area contributed by atoms with Crippen molar-refractivity contribution < 1.29 is 23.8 Å². The number of alkyl halides is 2. The van der Waals surface area contributed by atoms with Gasteiger partial charge in [0.2, 0.25) is 0 Å². The average molecular weight is 283 g/mol. The lowest BCUT2D eigenvalue weighted by Gasteiger charge is -2.21. The second-order valence-corrected chi connectivity index (χ2v) is 3.91. The zero-order chi connectivity index (χ0) is 15.0.